The van der Waals surface area contributed by atoms with Crippen LogP contribution < -0.4 is 5.32 Å². The molecule has 1 aromatic carbocycles. The summed E-state index contributed by atoms with van der Waals surface area (Å²) in [6, 6.07) is 8.28. The maximum Gasteiger partial charge on any atom is 0.220 e. The normalized spacial score (nSPS) is 16.9. The van der Waals surface area contributed by atoms with Gasteiger partial charge >= 0.3 is 0 Å². The van der Waals surface area contributed by atoms with Crippen LogP contribution in [-0.2, 0) is 11.2 Å². The fourth-order valence-electron chi connectivity index (χ4n) is 2.80. The number of halogens is 1. The molecule has 3 nitrogen and oxygen atoms in total. The van der Waals surface area contributed by atoms with Crippen LogP contribution in [0.3, 0.4) is 0 Å². The van der Waals surface area contributed by atoms with Crippen molar-refractivity contribution in [3.8, 4) is 0 Å². The number of rotatable bonds is 7. The molecule has 116 valence electrons. The lowest BCUT2D eigenvalue weighted by Crippen LogP contribution is -2.40. The number of carbonyl (C=O) groups excluding carboxylic acids is 1. The van der Waals surface area contributed by atoms with Gasteiger partial charge in [-0.3, -0.25) is 9.69 Å². The van der Waals surface area contributed by atoms with Crippen molar-refractivity contribution in [3.05, 3.63) is 34.9 Å². The Labute approximate surface area is 132 Å². The Balaban J connectivity index is 1.62. The summed E-state index contributed by atoms with van der Waals surface area (Å²) in [5, 5.41) is 3.84. The second-order valence-electron chi connectivity index (χ2n) is 5.84. The van der Waals surface area contributed by atoms with Gasteiger partial charge in [-0.1, -0.05) is 29.8 Å². The van der Waals surface area contributed by atoms with E-state index < -0.39 is 0 Å². The van der Waals surface area contributed by atoms with Gasteiger partial charge in [0.1, 0.15) is 0 Å². The van der Waals surface area contributed by atoms with Crippen molar-refractivity contribution >= 4 is 17.5 Å². The Morgan fingerprint density at radius 1 is 1.33 bits per heavy atom. The maximum atomic E-state index is 11.9. The first-order valence-corrected chi connectivity index (χ1v) is 8.29. The van der Waals surface area contributed by atoms with Crippen molar-refractivity contribution in [2.75, 3.05) is 19.6 Å². The van der Waals surface area contributed by atoms with Crippen molar-refractivity contribution < 1.29 is 4.79 Å². The lowest BCUT2D eigenvalue weighted by molar-refractivity contribution is -0.121. The fourth-order valence-corrected chi connectivity index (χ4v) is 3.03. The largest absolute Gasteiger partial charge is 0.355 e. The van der Waals surface area contributed by atoms with Crippen molar-refractivity contribution in [3.63, 3.8) is 0 Å². The summed E-state index contributed by atoms with van der Waals surface area (Å²) in [6.45, 7) is 5.29. The van der Waals surface area contributed by atoms with Gasteiger partial charge in [0.15, 0.2) is 0 Å². The molecular formula is C17H25ClN2O. The van der Waals surface area contributed by atoms with E-state index in [0.29, 0.717) is 12.5 Å². The number of hydrogen-bond acceptors (Lipinski definition) is 2. The van der Waals surface area contributed by atoms with Gasteiger partial charge in [-0.15, -0.1) is 0 Å². The lowest BCUT2D eigenvalue weighted by Gasteiger charge is -2.23. The molecule has 1 amide bonds. The van der Waals surface area contributed by atoms with E-state index >= 15 is 0 Å². The SMILES string of the molecule is CC(CNC(=O)CCCc1ccccc1Cl)N1CCCC1. The molecule has 1 atom stereocenters. The average molecular weight is 309 g/mol. The van der Waals surface area contributed by atoms with Gasteiger partial charge in [0.05, 0.1) is 0 Å². The van der Waals surface area contributed by atoms with E-state index in [9.17, 15) is 4.79 Å². The van der Waals surface area contributed by atoms with Crippen molar-refractivity contribution in [2.45, 2.75) is 45.1 Å². The van der Waals surface area contributed by atoms with Gasteiger partial charge in [0, 0.05) is 24.0 Å². The van der Waals surface area contributed by atoms with Gasteiger partial charge in [-0.05, 0) is 57.3 Å². The Bertz CT molecular complexity index is 458. The number of likely N-dealkylation sites (tertiary alicyclic amines) is 1. The van der Waals surface area contributed by atoms with E-state index in [4.69, 9.17) is 11.6 Å². The molecule has 1 aliphatic heterocycles. The molecular weight excluding hydrogens is 284 g/mol. The van der Waals surface area contributed by atoms with E-state index in [1.165, 1.54) is 25.9 Å². The van der Waals surface area contributed by atoms with E-state index in [2.05, 4.69) is 17.1 Å². The minimum atomic E-state index is 0.146. The standard InChI is InChI=1S/C17H25ClN2O/c1-14(20-11-4-5-12-20)13-19-17(21)10-6-8-15-7-2-3-9-16(15)18/h2-3,7,9,14H,4-6,8,10-13H2,1H3,(H,19,21). The third-order valence-electron chi connectivity index (χ3n) is 4.17. The lowest BCUT2D eigenvalue weighted by atomic mass is 10.1. The summed E-state index contributed by atoms with van der Waals surface area (Å²) in [5.41, 5.74) is 1.12. The van der Waals surface area contributed by atoms with Gasteiger partial charge in [-0.25, -0.2) is 0 Å². The zero-order valence-corrected chi connectivity index (χ0v) is 13.5. The minimum Gasteiger partial charge on any atom is -0.355 e. The van der Waals surface area contributed by atoms with Crippen LogP contribution in [0, 0.1) is 0 Å². The number of nitrogens with zero attached hydrogens (tertiary/aromatic N) is 1. The third kappa shape index (κ3) is 5.33. The van der Waals surface area contributed by atoms with Crippen molar-refractivity contribution in [2.24, 2.45) is 0 Å². The third-order valence-corrected chi connectivity index (χ3v) is 4.54. The number of nitrogens with one attached hydrogen (secondary N) is 1. The first-order chi connectivity index (χ1) is 10.2. The average Bonchev–Trinajstić information content (AvgIpc) is 3.01. The molecule has 1 N–H and O–H groups in total. The van der Waals surface area contributed by atoms with Crippen LogP contribution in [0.1, 0.15) is 38.2 Å². The zero-order valence-electron chi connectivity index (χ0n) is 12.8. The minimum absolute atomic E-state index is 0.146. The van der Waals surface area contributed by atoms with Gasteiger partial charge in [0.25, 0.3) is 0 Å². The molecule has 1 heterocycles. The van der Waals surface area contributed by atoms with E-state index in [1.54, 1.807) is 0 Å². The van der Waals surface area contributed by atoms with Crippen LogP contribution in [0.2, 0.25) is 5.02 Å². The highest BCUT2D eigenvalue weighted by molar-refractivity contribution is 6.31. The quantitative estimate of drug-likeness (QED) is 0.838. The van der Waals surface area contributed by atoms with Crippen molar-refractivity contribution in [1.82, 2.24) is 10.2 Å². The highest BCUT2D eigenvalue weighted by Gasteiger charge is 2.18. The van der Waals surface area contributed by atoms with Crippen LogP contribution >= 0.6 is 11.6 Å². The number of aryl methyl sites for hydroxylation is 1. The highest BCUT2D eigenvalue weighted by atomic mass is 35.5. The Morgan fingerprint density at radius 2 is 2.05 bits per heavy atom. The van der Waals surface area contributed by atoms with E-state index in [-0.39, 0.29) is 5.91 Å². The van der Waals surface area contributed by atoms with Crippen LogP contribution in [-0.4, -0.2) is 36.5 Å². The fraction of sp³-hybridized carbons (Fsp3) is 0.588. The van der Waals surface area contributed by atoms with E-state index in [1.807, 2.05) is 24.3 Å². The molecule has 1 unspecified atom stereocenters. The van der Waals surface area contributed by atoms with Crippen LogP contribution in [0.25, 0.3) is 0 Å². The summed E-state index contributed by atoms with van der Waals surface area (Å²) in [4.78, 5) is 14.3. The molecule has 1 fully saturated rings. The molecule has 1 saturated heterocycles. The molecule has 21 heavy (non-hydrogen) atoms. The zero-order chi connectivity index (χ0) is 15.1. The van der Waals surface area contributed by atoms with Crippen LogP contribution in [0.5, 0.6) is 0 Å². The van der Waals surface area contributed by atoms with Gasteiger partial charge < -0.3 is 5.32 Å². The Morgan fingerprint density at radius 3 is 2.76 bits per heavy atom. The molecule has 0 spiro atoms. The summed E-state index contributed by atoms with van der Waals surface area (Å²) < 4.78 is 0. The van der Waals surface area contributed by atoms with Gasteiger partial charge in [-0.2, -0.15) is 0 Å². The molecule has 2 rings (SSSR count). The highest BCUT2D eigenvalue weighted by Crippen LogP contribution is 2.17. The summed E-state index contributed by atoms with van der Waals surface area (Å²) in [7, 11) is 0. The predicted octanol–water partition coefficient (Wildman–Crippen LogP) is 3.26. The van der Waals surface area contributed by atoms with Crippen LogP contribution in [0.15, 0.2) is 24.3 Å². The second kappa shape index (κ2) is 8.40. The predicted molar refractivity (Wildman–Crippen MR) is 87.7 cm³/mol. The number of benzene rings is 1. The molecule has 0 aromatic heterocycles. The second-order valence-corrected chi connectivity index (χ2v) is 6.25. The Hall–Kier alpha value is -1.06. The monoisotopic (exact) mass is 308 g/mol. The molecule has 0 radical (unpaired) electrons. The summed E-state index contributed by atoms with van der Waals surface area (Å²) in [6.07, 6.45) is 4.84. The van der Waals surface area contributed by atoms with E-state index in [0.717, 1.165) is 30.0 Å². The first-order valence-electron chi connectivity index (χ1n) is 7.91. The topological polar surface area (TPSA) is 32.3 Å². The summed E-state index contributed by atoms with van der Waals surface area (Å²) in [5.74, 6) is 0.146. The number of amides is 1. The van der Waals surface area contributed by atoms with Crippen molar-refractivity contribution in [1.29, 1.82) is 0 Å². The van der Waals surface area contributed by atoms with Gasteiger partial charge in [0.2, 0.25) is 5.91 Å². The molecule has 0 bridgehead atoms. The molecule has 4 heteroatoms. The number of hydrogen-bond donors (Lipinski definition) is 1. The summed E-state index contributed by atoms with van der Waals surface area (Å²) >= 11 is 6.11. The smallest absolute Gasteiger partial charge is 0.220 e. The number of carbonyl (C=O) groups is 1. The maximum absolute atomic E-state index is 11.9. The molecule has 0 aliphatic carbocycles. The molecule has 0 saturated carbocycles. The first kappa shape index (κ1) is 16.3. The molecule has 1 aliphatic rings. The Kier molecular flexibility index (Phi) is 6.52. The molecule has 1 aromatic rings. The van der Waals surface area contributed by atoms with Crippen LogP contribution in [0.4, 0.5) is 0 Å².